The Labute approximate surface area is 119 Å². The van der Waals surface area contributed by atoms with Gasteiger partial charge < -0.3 is 5.32 Å². The maximum Gasteiger partial charge on any atom is 0.123 e. The molecule has 0 radical (unpaired) electrons. The van der Waals surface area contributed by atoms with Crippen LogP contribution in [-0.4, -0.2) is 15.3 Å². The monoisotopic (exact) mass is 275 g/mol. The van der Waals surface area contributed by atoms with Gasteiger partial charge in [-0.2, -0.15) is 5.10 Å². The van der Waals surface area contributed by atoms with Crippen LogP contribution in [0.25, 0.3) is 0 Å². The summed E-state index contributed by atoms with van der Waals surface area (Å²) in [7, 11) is 0. The van der Waals surface area contributed by atoms with Gasteiger partial charge in [0, 0.05) is 23.8 Å². The van der Waals surface area contributed by atoms with E-state index in [2.05, 4.69) is 31.2 Å². The van der Waals surface area contributed by atoms with E-state index in [-0.39, 0.29) is 11.4 Å². The fourth-order valence-electron chi connectivity index (χ4n) is 1.96. The molecule has 4 heteroatoms. The Hall–Kier alpha value is -1.68. The lowest BCUT2D eigenvalue weighted by Crippen LogP contribution is -2.34. The molecule has 1 N–H and O–H groups in total. The van der Waals surface area contributed by atoms with Crippen molar-refractivity contribution >= 4 is 0 Å². The van der Waals surface area contributed by atoms with Gasteiger partial charge in [0.05, 0.1) is 12.7 Å². The maximum absolute atomic E-state index is 13.1. The van der Waals surface area contributed by atoms with Gasteiger partial charge in [0.15, 0.2) is 0 Å². The van der Waals surface area contributed by atoms with Crippen LogP contribution in [-0.2, 0) is 13.1 Å². The molecule has 0 aliphatic carbocycles. The Morgan fingerprint density at radius 1 is 1.30 bits per heavy atom. The predicted octanol–water partition coefficient (Wildman–Crippen LogP) is 3.27. The molecular formula is C16H22FN3. The minimum Gasteiger partial charge on any atom is -0.308 e. The van der Waals surface area contributed by atoms with Crippen molar-refractivity contribution in [1.82, 2.24) is 15.1 Å². The van der Waals surface area contributed by atoms with Crippen molar-refractivity contribution in [2.75, 3.05) is 0 Å². The lowest BCUT2D eigenvalue weighted by molar-refractivity contribution is 0.424. The highest BCUT2D eigenvalue weighted by molar-refractivity contribution is 5.26. The molecule has 0 unspecified atom stereocenters. The van der Waals surface area contributed by atoms with Gasteiger partial charge in [-0.1, -0.05) is 6.07 Å². The number of rotatable bonds is 4. The molecule has 3 nitrogen and oxygen atoms in total. The highest BCUT2D eigenvalue weighted by Gasteiger charge is 2.09. The Kier molecular flexibility index (Phi) is 4.23. The van der Waals surface area contributed by atoms with E-state index in [1.54, 1.807) is 6.07 Å². The Bertz CT molecular complexity index is 582. The molecule has 0 bridgehead atoms. The third-order valence-electron chi connectivity index (χ3n) is 3.15. The summed E-state index contributed by atoms with van der Waals surface area (Å²) in [6.45, 7) is 9.80. The summed E-state index contributed by atoms with van der Waals surface area (Å²) in [5.74, 6) is -0.193. The Morgan fingerprint density at radius 3 is 2.70 bits per heavy atom. The summed E-state index contributed by atoms with van der Waals surface area (Å²) in [4.78, 5) is 0. The molecule has 0 aliphatic heterocycles. The van der Waals surface area contributed by atoms with Crippen molar-refractivity contribution in [3.8, 4) is 0 Å². The van der Waals surface area contributed by atoms with Gasteiger partial charge in [0.1, 0.15) is 5.82 Å². The molecule has 2 rings (SSSR count). The van der Waals surface area contributed by atoms with Gasteiger partial charge in [-0.3, -0.25) is 4.68 Å². The first-order chi connectivity index (χ1) is 9.33. The van der Waals surface area contributed by atoms with E-state index < -0.39 is 0 Å². The van der Waals surface area contributed by atoms with E-state index in [0.717, 1.165) is 23.2 Å². The summed E-state index contributed by atoms with van der Waals surface area (Å²) in [6, 6.07) is 4.87. The Morgan fingerprint density at radius 2 is 2.05 bits per heavy atom. The number of hydrogen-bond acceptors (Lipinski definition) is 2. The summed E-state index contributed by atoms with van der Waals surface area (Å²) < 4.78 is 15.0. The summed E-state index contributed by atoms with van der Waals surface area (Å²) in [5.41, 5.74) is 3.29. The topological polar surface area (TPSA) is 29.9 Å². The lowest BCUT2D eigenvalue weighted by Gasteiger charge is -2.19. The second kappa shape index (κ2) is 5.75. The largest absolute Gasteiger partial charge is 0.308 e. The molecule has 0 aliphatic rings. The zero-order valence-electron chi connectivity index (χ0n) is 12.6. The molecule has 0 saturated carbocycles. The number of benzene rings is 1. The van der Waals surface area contributed by atoms with E-state index in [1.807, 2.05) is 30.1 Å². The molecule has 1 aromatic carbocycles. The third kappa shape index (κ3) is 4.17. The van der Waals surface area contributed by atoms with Crippen LogP contribution in [0.15, 0.2) is 30.6 Å². The average Bonchev–Trinajstić information content (AvgIpc) is 2.77. The first-order valence-corrected chi connectivity index (χ1v) is 6.85. The van der Waals surface area contributed by atoms with Crippen molar-refractivity contribution in [1.29, 1.82) is 0 Å². The first-order valence-electron chi connectivity index (χ1n) is 6.85. The molecule has 0 saturated heterocycles. The summed E-state index contributed by atoms with van der Waals surface area (Å²) in [6.07, 6.45) is 3.90. The highest BCUT2D eigenvalue weighted by atomic mass is 19.1. The molecule has 0 fully saturated rings. The SMILES string of the molecule is Cc1cc(F)ccc1Cn1cc(CNC(C)(C)C)cn1. The van der Waals surface area contributed by atoms with Gasteiger partial charge >= 0.3 is 0 Å². The van der Waals surface area contributed by atoms with E-state index in [9.17, 15) is 4.39 Å². The van der Waals surface area contributed by atoms with Crippen molar-refractivity contribution in [2.24, 2.45) is 0 Å². The van der Waals surface area contributed by atoms with Crippen molar-refractivity contribution < 1.29 is 4.39 Å². The van der Waals surface area contributed by atoms with Crippen LogP contribution in [0.2, 0.25) is 0 Å². The minimum absolute atomic E-state index is 0.0929. The van der Waals surface area contributed by atoms with Crippen LogP contribution >= 0.6 is 0 Å². The van der Waals surface area contributed by atoms with Crippen LogP contribution in [0.3, 0.4) is 0 Å². The second-order valence-electron chi connectivity index (χ2n) is 6.22. The van der Waals surface area contributed by atoms with E-state index >= 15 is 0 Å². The van der Waals surface area contributed by atoms with Crippen LogP contribution in [0.5, 0.6) is 0 Å². The van der Waals surface area contributed by atoms with Crippen LogP contribution in [0, 0.1) is 12.7 Å². The quantitative estimate of drug-likeness (QED) is 0.928. The first kappa shape index (κ1) is 14.7. The van der Waals surface area contributed by atoms with E-state index in [1.165, 1.54) is 6.07 Å². The minimum atomic E-state index is -0.193. The van der Waals surface area contributed by atoms with Crippen LogP contribution in [0.1, 0.15) is 37.5 Å². The molecule has 20 heavy (non-hydrogen) atoms. The summed E-state index contributed by atoms with van der Waals surface area (Å²) in [5, 5.41) is 7.79. The molecule has 108 valence electrons. The number of hydrogen-bond donors (Lipinski definition) is 1. The standard InChI is InChI=1S/C16H22FN3/c1-12-7-15(17)6-5-14(12)11-20-10-13(9-19-20)8-18-16(2,3)4/h5-7,9-10,18H,8,11H2,1-4H3. The van der Waals surface area contributed by atoms with Gasteiger partial charge in [0.25, 0.3) is 0 Å². The highest BCUT2D eigenvalue weighted by Crippen LogP contribution is 2.12. The van der Waals surface area contributed by atoms with Gasteiger partial charge in [-0.15, -0.1) is 0 Å². The smallest absolute Gasteiger partial charge is 0.123 e. The number of nitrogens with one attached hydrogen (secondary N) is 1. The molecule has 0 amide bonds. The van der Waals surface area contributed by atoms with E-state index in [4.69, 9.17) is 0 Å². The van der Waals surface area contributed by atoms with Gasteiger partial charge in [-0.05, 0) is 51.0 Å². The lowest BCUT2D eigenvalue weighted by atomic mass is 10.1. The molecule has 0 spiro atoms. The zero-order chi connectivity index (χ0) is 14.8. The third-order valence-corrected chi connectivity index (χ3v) is 3.15. The molecular weight excluding hydrogens is 253 g/mol. The van der Waals surface area contributed by atoms with Crippen molar-refractivity contribution in [2.45, 2.75) is 46.3 Å². The molecule has 1 aromatic heterocycles. The molecule has 0 atom stereocenters. The molecule has 2 aromatic rings. The number of aryl methyl sites for hydroxylation is 1. The predicted molar refractivity (Wildman–Crippen MR) is 79.1 cm³/mol. The fraction of sp³-hybridized carbons (Fsp3) is 0.438. The maximum atomic E-state index is 13.1. The zero-order valence-corrected chi connectivity index (χ0v) is 12.6. The van der Waals surface area contributed by atoms with Crippen molar-refractivity contribution in [3.63, 3.8) is 0 Å². The normalized spacial score (nSPS) is 11.8. The van der Waals surface area contributed by atoms with Gasteiger partial charge in [0.2, 0.25) is 0 Å². The molecule has 1 heterocycles. The average molecular weight is 275 g/mol. The number of halogens is 1. The second-order valence-corrected chi connectivity index (χ2v) is 6.22. The number of nitrogens with zero attached hydrogens (tertiary/aromatic N) is 2. The van der Waals surface area contributed by atoms with Crippen LogP contribution in [0.4, 0.5) is 4.39 Å². The van der Waals surface area contributed by atoms with Crippen molar-refractivity contribution in [3.05, 3.63) is 53.1 Å². The van der Waals surface area contributed by atoms with Gasteiger partial charge in [-0.25, -0.2) is 4.39 Å². The number of aromatic nitrogens is 2. The van der Waals surface area contributed by atoms with Crippen LogP contribution < -0.4 is 5.32 Å². The fourth-order valence-corrected chi connectivity index (χ4v) is 1.96. The Balaban J connectivity index is 2.02. The van der Waals surface area contributed by atoms with E-state index in [0.29, 0.717) is 6.54 Å². The summed E-state index contributed by atoms with van der Waals surface area (Å²) >= 11 is 0.